The second kappa shape index (κ2) is 2.79. The van der Waals surface area contributed by atoms with Gasteiger partial charge in [-0.1, -0.05) is 0 Å². The van der Waals surface area contributed by atoms with Crippen LogP contribution in [0.15, 0.2) is 0 Å². The van der Waals surface area contributed by atoms with Crippen LogP contribution in [-0.2, 0) is 4.79 Å². The first-order valence-electron chi connectivity index (χ1n) is 4.15. The van der Waals surface area contributed by atoms with Crippen LogP contribution in [0.2, 0.25) is 0 Å². The normalized spacial score (nSPS) is 38.4. The summed E-state index contributed by atoms with van der Waals surface area (Å²) in [7, 11) is 0. The van der Waals surface area contributed by atoms with E-state index in [2.05, 4.69) is 5.32 Å². The smallest absolute Gasteiger partial charge is 0.142 e. The van der Waals surface area contributed by atoms with Crippen LogP contribution in [0.25, 0.3) is 0 Å². The highest BCUT2D eigenvalue weighted by molar-refractivity contribution is 7.99. The maximum atomic E-state index is 11.6. The molecule has 1 N–H and O–H groups in total. The third kappa shape index (κ3) is 1.20. The molecular weight excluding hydrogens is 158 g/mol. The number of ketones is 1. The largest absolute Gasteiger partial charge is 0.315 e. The molecule has 2 nitrogen and oxygen atoms in total. The molecule has 2 saturated heterocycles. The lowest BCUT2D eigenvalue weighted by Gasteiger charge is -2.31. The minimum atomic E-state index is 0.0446. The van der Waals surface area contributed by atoms with Gasteiger partial charge in [0.1, 0.15) is 5.78 Å². The van der Waals surface area contributed by atoms with Crippen LogP contribution in [0.5, 0.6) is 0 Å². The Morgan fingerprint density at radius 3 is 3.09 bits per heavy atom. The van der Waals surface area contributed by atoms with Gasteiger partial charge < -0.3 is 5.32 Å². The number of carbonyl (C=O) groups excluding carboxylic acids is 1. The van der Waals surface area contributed by atoms with E-state index in [1.54, 1.807) is 0 Å². The molecule has 1 atom stereocenters. The zero-order chi connectivity index (χ0) is 7.73. The van der Waals surface area contributed by atoms with Crippen molar-refractivity contribution < 1.29 is 4.79 Å². The predicted octanol–water partition coefficient (Wildman–Crippen LogP) is 0.672. The summed E-state index contributed by atoms with van der Waals surface area (Å²) in [4.78, 5) is 11.6. The van der Waals surface area contributed by atoms with Crippen LogP contribution in [0, 0.1) is 5.41 Å². The summed E-state index contributed by atoms with van der Waals surface area (Å²) in [6.45, 7) is 1.82. The zero-order valence-electron chi connectivity index (χ0n) is 6.56. The molecule has 2 fully saturated rings. The van der Waals surface area contributed by atoms with Gasteiger partial charge in [0.2, 0.25) is 0 Å². The lowest BCUT2D eigenvalue weighted by Crippen LogP contribution is -2.47. The summed E-state index contributed by atoms with van der Waals surface area (Å²) in [5.41, 5.74) is 0.0446. The first kappa shape index (κ1) is 7.62. The highest BCUT2D eigenvalue weighted by atomic mass is 32.2. The Hall–Kier alpha value is -0.0200. The lowest BCUT2D eigenvalue weighted by molar-refractivity contribution is -0.128. The number of rotatable bonds is 0. The van der Waals surface area contributed by atoms with Crippen molar-refractivity contribution in [1.82, 2.24) is 5.32 Å². The molecule has 2 heterocycles. The van der Waals surface area contributed by atoms with Crippen molar-refractivity contribution in [3.05, 3.63) is 0 Å². The molecule has 1 unspecified atom stereocenters. The van der Waals surface area contributed by atoms with Crippen LogP contribution in [-0.4, -0.2) is 30.4 Å². The minimum absolute atomic E-state index is 0.0446. The maximum Gasteiger partial charge on any atom is 0.142 e. The Kier molecular flexibility index (Phi) is 1.93. The van der Waals surface area contributed by atoms with Gasteiger partial charge in [0, 0.05) is 25.3 Å². The van der Waals surface area contributed by atoms with Gasteiger partial charge in [-0.3, -0.25) is 4.79 Å². The first-order chi connectivity index (χ1) is 5.33. The molecule has 2 aliphatic rings. The molecule has 2 aliphatic heterocycles. The van der Waals surface area contributed by atoms with Crippen molar-refractivity contribution >= 4 is 17.5 Å². The number of piperidine rings is 1. The van der Waals surface area contributed by atoms with Crippen molar-refractivity contribution in [3.63, 3.8) is 0 Å². The second-order valence-corrected chi connectivity index (χ2v) is 4.54. The van der Waals surface area contributed by atoms with E-state index in [1.165, 1.54) is 5.75 Å². The molecule has 0 aromatic carbocycles. The molecule has 3 heteroatoms. The molecule has 0 aromatic rings. The summed E-state index contributed by atoms with van der Waals surface area (Å²) in [5, 5.41) is 3.31. The summed E-state index contributed by atoms with van der Waals surface area (Å²) in [5.74, 6) is 2.73. The van der Waals surface area contributed by atoms with Gasteiger partial charge >= 0.3 is 0 Å². The number of hydrogen-bond acceptors (Lipinski definition) is 3. The molecule has 0 radical (unpaired) electrons. The Labute approximate surface area is 71.1 Å². The van der Waals surface area contributed by atoms with Crippen LogP contribution < -0.4 is 5.32 Å². The molecule has 0 bridgehead atoms. The van der Waals surface area contributed by atoms with Crippen molar-refractivity contribution in [2.24, 2.45) is 5.41 Å². The third-order valence-corrected chi connectivity index (χ3v) is 3.94. The summed E-state index contributed by atoms with van der Waals surface area (Å²) < 4.78 is 0. The Bertz CT molecular complexity index is 175. The summed E-state index contributed by atoms with van der Waals surface area (Å²) in [6, 6.07) is 0. The molecule has 2 rings (SSSR count). The molecule has 62 valence electrons. The Morgan fingerprint density at radius 2 is 2.45 bits per heavy atom. The van der Waals surface area contributed by atoms with E-state index in [0.29, 0.717) is 5.78 Å². The minimum Gasteiger partial charge on any atom is -0.315 e. The maximum absolute atomic E-state index is 11.6. The number of nitrogens with one attached hydrogen (secondary N) is 1. The van der Waals surface area contributed by atoms with E-state index in [0.717, 1.165) is 31.7 Å². The van der Waals surface area contributed by atoms with Crippen LogP contribution >= 0.6 is 11.8 Å². The van der Waals surface area contributed by atoms with Crippen LogP contribution in [0.1, 0.15) is 12.8 Å². The fraction of sp³-hybridized carbons (Fsp3) is 0.875. The monoisotopic (exact) mass is 171 g/mol. The van der Waals surface area contributed by atoms with Crippen LogP contribution in [0.4, 0.5) is 0 Å². The van der Waals surface area contributed by atoms with Gasteiger partial charge in [0.25, 0.3) is 0 Å². The number of thioether (sulfide) groups is 1. The fourth-order valence-corrected chi connectivity index (χ4v) is 3.34. The third-order valence-electron chi connectivity index (χ3n) is 2.69. The van der Waals surface area contributed by atoms with E-state index in [1.807, 2.05) is 11.8 Å². The van der Waals surface area contributed by atoms with Gasteiger partial charge in [0.15, 0.2) is 0 Å². The van der Waals surface area contributed by atoms with E-state index >= 15 is 0 Å². The highest BCUT2D eigenvalue weighted by Crippen LogP contribution is 2.38. The SMILES string of the molecule is O=C1CCNCC12CCSC2. The van der Waals surface area contributed by atoms with Crippen molar-refractivity contribution in [2.45, 2.75) is 12.8 Å². The quantitative estimate of drug-likeness (QED) is 0.581. The van der Waals surface area contributed by atoms with Gasteiger partial charge in [-0.15, -0.1) is 0 Å². The van der Waals surface area contributed by atoms with Crippen molar-refractivity contribution in [1.29, 1.82) is 0 Å². The average molecular weight is 171 g/mol. The van der Waals surface area contributed by atoms with E-state index in [-0.39, 0.29) is 5.41 Å². The van der Waals surface area contributed by atoms with Gasteiger partial charge in [-0.05, 0) is 12.2 Å². The molecule has 0 aromatic heterocycles. The van der Waals surface area contributed by atoms with Gasteiger partial charge in [-0.25, -0.2) is 0 Å². The molecule has 0 aliphatic carbocycles. The predicted molar refractivity (Wildman–Crippen MR) is 46.9 cm³/mol. The van der Waals surface area contributed by atoms with E-state index < -0.39 is 0 Å². The number of carbonyl (C=O) groups is 1. The topological polar surface area (TPSA) is 29.1 Å². The summed E-state index contributed by atoms with van der Waals surface area (Å²) in [6.07, 6.45) is 1.85. The van der Waals surface area contributed by atoms with E-state index in [9.17, 15) is 4.79 Å². The first-order valence-corrected chi connectivity index (χ1v) is 5.31. The Balaban J connectivity index is 2.13. The van der Waals surface area contributed by atoms with Crippen LogP contribution in [0.3, 0.4) is 0 Å². The fourth-order valence-electron chi connectivity index (χ4n) is 1.86. The highest BCUT2D eigenvalue weighted by Gasteiger charge is 2.42. The van der Waals surface area contributed by atoms with Crippen molar-refractivity contribution in [2.75, 3.05) is 24.6 Å². The summed E-state index contributed by atoms with van der Waals surface area (Å²) >= 11 is 1.92. The van der Waals surface area contributed by atoms with Gasteiger partial charge in [-0.2, -0.15) is 11.8 Å². The van der Waals surface area contributed by atoms with Crippen molar-refractivity contribution in [3.8, 4) is 0 Å². The Morgan fingerprint density at radius 1 is 1.55 bits per heavy atom. The van der Waals surface area contributed by atoms with E-state index in [4.69, 9.17) is 0 Å². The molecule has 1 spiro atoms. The lowest BCUT2D eigenvalue weighted by atomic mass is 9.79. The number of hydrogen-bond donors (Lipinski definition) is 1. The van der Waals surface area contributed by atoms with Gasteiger partial charge in [0.05, 0.1) is 5.41 Å². The standard InChI is InChI=1S/C8H13NOS/c10-7-1-3-9-5-8(7)2-4-11-6-8/h9H,1-6H2. The molecule has 0 saturated carbocycles. The molecular formula is C8H13NOS. The zero-order valence-corrected chi connectivity index (χ0v) is 7.38. The average Bonchev–Trinajstić information content (AvgIpc) is 2.46. The molecule has 0 amide bonds. The number of Topliss-reactive ketones (excluding diaryl/α,β-unsaturated/α-hetero) is 1. The molecule has 11 heavy (non-hydrogen) atoms. The second-order valence-electron chi connectivity index (χ2n) is 3.43.